The fourth-order valence-corrected chi connectivity index (χ4v) is 2.09. The highest BCUT2D eigenvalue weighted by Crippen LogP contribution is 2.23. The lowest BCUT2D eigenvalue weighted by atomic mass is 10.1. The first kappa shape index (κ1) is 15.2. The molecule has 21 heavy (non-hydrogen) atoms. The van der Waals surface area contributed by atoms with Crippen molar-refractivity contribution in [2.75, 3.05) is 31.2 Å². The minimum Gasteiger partial charge on any atom is -0.460 e. The van der Waals surface area contributed by atoms with Gasteiger partial charge in [0.25, 0.3) is 0 Å². The van der Waals surface area contributed by atoms with Crippen molar-refractivity contribution in [2.45, 2.75) is 13.0 Å². The molecule has 1 saturated heterocycles. The van der Waals surface area contributed by atoms with Gasteiger partial charge in [-0.25, -0.2) is 4.39 Å². The fraction of sp³-hybridized carbons (Fsp3) is 0.429. The van der Waals surface area contributed by atoms with Crippen molar-refractivity contribution in [1.82, 2.24) is 0 Å². The molecule has 0 unspecified atom stereocenters. The van der Waals surface area contributed by atoms with Gasteiger partial charge in [0.05, 0.1) is 18.9 Å². The maximum absolute atomic E-state index is 14.4. The van der Waals surface area contributed by atoms with E-state index in [1.54, 1.807) is 18.2 Å². The Bertz CT molecular complexity index is 530. The van der Waals surface area contributed by atoms with E-state index in [1.165, 1.54) is 0 Å². The molecule has 0 saturated carbocycles. The van der Waals surface area contributed by atoms with Crippen LogP contribution in [-0.4, -0.2) is 38.1 Å². The lowest BCUT2D eigenvalue weighted by molar-refractivity contribution is -0.143. The number of carbonyl (C=O) groups is 1. The smallest absolute Gasteiger partial charge is 0.313 e. The zero-order valence-electron chi connectivity index (χ0n) is 11.6. The number of ether oxygens (including phenoxy) is 2. The van der Waals surface area contributed by atoms with Crippen LogP contribution in [0.3, 0.4) is 0 Å². The quantitative estimate of drug-likeness (QED) is 0.481. The number of halogens is 1. The molecule has 0 atom stereocenters. The predicted molar refractivity (Wildman–Crippen MR) is 75.8 cm³/mol. The molecule has 0 amide bonds. The van der Waals surface area contributed by atoms with Crippen molar-refractivity contribution in [3.05, 3.63) is 29.6 Å². The Morgan fingerprint density at radius 3 is 2.81 bits per heavy atom. The third kappa shape index (κ3) is 4.16. The summed E-state index contributed by atoms with van der Waals surface area (Å²) in [5.41, 5.74) is 5.89. The van der Waals surface area contributed by atoms with E-state index in [0.717, 1.165) is 0 Å². The van der Waals surface area contributed by atoms with Crippen LogP contribution in [0.15, 0.2) is 18.2 Å². The molecule has 0 aromatic heterocycles. The predicted octanol–water partition coefficient (Wildman–Crippen LogP) is 1.03. The summed E-state index contributed by atoms with van der Waals surface area (Å²) in [6, 6.07) is 4.99. The second kappa shape index (κ2) is 7.03. The maximum Gasteiger partial charge on any atom is 0.313 e. The van der Waals surface area contributed by atoms with E-state index in [-0.39, 0.29) is 18.9 Å². The highest BCUT2D eigenvalue weighted by atomic mass is 19.1. The minimum absolute atomic E-state index is 0.171. The fourth-order valence-electron chi connectivity index (χ4n) is 2.09. The van der Waals surface area contributed by atoms with Gasteiger partial charge < -0.3 is 20.1 Å². The molecule has 7 heteroatoms. The summed E-state index contributed by atoms with van der Waals surface area (Å²) in [6.45, 7) is 2.22. The molecule has 0 spiro atoms. The first-order chi connectivity index (χ1) is 10.1. The highest BCUT2D eigenvalue weighted by Gasteiger charge is 2.17. The zero-order chi connectivity index (χ0) is 15.2. The number of nitrogens with two attached hydrogens (primary N) is 1. The van der Waals surface area contributed by atoms with E-state index in [0.29, 0.717) is 37.6 Å². The normalized spacial score (nSPS) is 14.8. The van der Waals surface area contributed by atoms with Crippen LogP contribution in [0.2, 0.25) is 0 Å². The molecule has 114 valence electrons. The number of benzene rings is 1. The largest absolute Gasteiger partial charge is 0.460 e. The summed E-state index contributed by atoms with van der Waals surface area (Å²) in [5, 5.41) is 7.00. The van der Waals surface area contributed by atoms with Crippen molar-refractivity contribution in [3.8, 4) is 0 Å². The number of amidine groups is 1. The maximum atomic E-state index is 14.4. The van der Waals surface area contributed by atoms with Crippen molar-refractivity contribution in [3.63, 3.8) is 0 Å². The van der Waals surface area contributed by atoms with E-state index < -0.39 is 11.8 Å². The number of nitrogens with one attached hydrogen (secondary N) is 1. The van der Waals surface area contributed by atoms with Gasteiger partial charge in [-0.05, 0) is 6.07 Å². The highest BCUT2D eigenvalue weighted by molar-refractivity contribution is 5.94. The van der Waals surface area contributed by atoms with Gasteiger partial charge in [-0.1, -0.05) is 12.1 Å². The topological polar surface area (TPSA) is 88.6 Å². The van der Waals surface area contributed by atoms with E-state index in [2.05, 4.69) is 0 Å². The first-order valence-electron chi connectivity index (χ1n) is 6.66. The summed E-state index contributed by atoms with van der Waals surface area (Å²) in [6.07, 6.45) is -0.287. The number of nitrogens with zero attached hydrogens (tertiary/aromatic N) is 1. The second-order valence-electron chi connectivity index (χ2n) is 4.71. The molecule has 1 fully saturated rings. The average molecular weight is 295 g/mol. The first-order valence-corrected chi connectivity index (χ1v) is 6.66. The average Bonchev–Trinajstić information content (AvgIpc) is 2.46. The SMILES string of the molecule is N=C(N)CC(=O)OCc1cccc(N2CCOCC2)c1F. The van der Waals surface area contributed by atoms with E-state index in [4.69, 9.17) is 20.6 Å². The molecule has 0 aliphatic carbocycles. The van der Waals surface area contributed by atoms with Gasteiger partial charge in [-0.2, -0.15) is 0 Å². The number of morpholine rings is 1. The van der Waals surface area contributed by atoms with Gasteiger partial charge in [0, 0.05) is 18.7 Å². The van der Waals surface area contributed by atoms with Crippen LogP contribution in [0.4, 0.5) is 10.1 Å². The number of anilines is 1. The van der Waals surface area contributed by atoms with Gasteiger partial charge in [0.15, 0.2) is 5.82 Å². The van der Waals surface area contributed by atoms with Crippen LogP contribution in [0.5, 0.6) is 0 Å². The summed E-state index contributed by atoms with van der Waals surface area (Å²) < 4.78 is 24.6. The molecule has 1 aromatic carbocycles. The Kier molecular flexibility index (Phi) is 5.10. The third-order valence-electron chi connectivity index (χ3n) is 3.13. The van der Waals surface area contributed by atoms with Gasteiger partial charge in [-0.3, -0.25) is 10.2 Å². The molecule has 1 aliphatic rings. The van der Waals surface area contributed by atoms with Crippen LogP contribution in [0, 0.1) is 11.2 Å². The Morgan fingerprint density at radius 2 is 2.14 bits per heavy atom. The van der Waals surface area contributed by atoms with E-state index >= 15 is 0 Å². The van der Waals surface area contributed by atoms with Gasteiger partial charge in [0.1, 0.15) is 18.9 Å². The second-order valence-corrected chi connectivity index (χ2v) is 4.71. The number of hydrogen-bond donors (Lipinski definition) is 2. The molecule has 1 aromatic rings. The number of rotatable bonds is 5. The van der Waals surface area contributed by atoms with Gasteiger partial charge in [-0.15, -0.1) is 0 Å². The Morgan fingerprint density at radius 1 is 1.43 bits per heavy atom. The van der Waals surface area contributed by atoms with Crippen LogP contribution < -0.4 is 10.6 Å². The molecule has 1 heterocycles. The Balaban J connectivity index is 2.03. The van der Waals surface area contributed by atoms with Gasteiger partial charge >= 0.3 is 5.97 Å². The number of hydrogen-bond acceptors (Lipinski definition) is 5. The molecular formula is C14H18FN3O3. The molecule has 0 bridgehead atoms. The van der Waals surface area contributed by atoms with Crippen LogP contribution in [0.1, 0.15) is 12.0 Å². The molecule has 1 aliphatic heterocycles. The summed E-state index contributed by atoms with van der Waals surface area (Å²) in [7, 11) is 0. The van der Waals surface area contributed by atoms with Crippen LogP contribution in [0.25, 0.3) is 0 Å². The van der Waals surface area contributed by atoms with Crippen molar-refractivity contribution in [2.24, 2.45) is 5.73 Å². The Hall–Kier alpha value is -2.15. The molecular weight excluding hydrogens is 277 g/mol. The Labute approximate surface area is 122 Å². The summed E-state index contributed by atoms with van der Waals surface area (Å²) in [4.78, 5) is 13.2. The summed E-state index contributed by atoms with van der Waals surface area (Å²) >= 11 is 0. The molecule has 2 rings (SSSR count). The molecule has 0 radical (unpaired) electrons. The standard InChI is InChI=1S/C14H18FN3O3/c15-14-10(9-21-13(19)8-12(16)17)2-1-3-11(14)18-4-6-20-7-5-18/h1-3H,4-9H2,(H3,16,17). The zero-order valence-corrected chi connectivity index (χ0v) is 11.6. The number of esters is 1. The lowest BCUT2D eigenvalue weighted by Crippen LogP contribution is -2.36. The van der Waals surface area contributed by atoms with E-state index in [1.807, 2.05) is 4.90 Å². The van der Waals surface area contributed by atoms with Crippen LogP contribution >= 0.6 is 0 Å². The number of carbonyl (C=O) groups excluding carboxylic acids is 1. The van der Waals surface area contributed by atoms with Crippen LogP contribution in [-0.2, 0) is 20.9 Å². The summed E-state index contributed by atoms with van der Waals surface area (Å²) in [5.74, 6) is -1.31. The van der Waals surface area contributed by atoms with Crippen molar-refractivity contribution < 1.29 is 18.7 Å². The molecule has 3 N–H and O–H groups in total. The third-order valence-corrected chi connectivity index (χ3v) is 3.13. The van der Waals surface area contributed by atoms with Crippen molar-refractivity contribution in [1.29, 1.82) is 5.41 Å². The monoisotopic (exact) mass is 295 g/mol. The van der Waals surface area contributed by atoms with Crippen molar-refractivity contribution >= 4 is 17.5 Å². The van der Waals surface area contributed by atoms with E-state index in [9.17, 15) is 9.18 Å². The lowest BCUT2D eigenvalue weighted by Gasteiger charge is -2.29. The molecule has 6 nitrogen and oxygen atoms in total. The van der Waals surface area contributed by atoms with Gasteiger partial charge in [0.2, 0.25) is 0 Å². The minimum atomic E-state index is -0.640.